The van der Waals surface area contributed by atoms with Crippen LogP contribution in [-0.4, -0.2) is 12.8 Å². The van der Waals surface area contributed by atoms with Crippen LogP contribution in [0.3, 0.4) is 0 Å². The summed E-state index contributed by atoms with van der Waals surface area (Å²) < 4.78 is 0. The summed E-state index contributed by atoms with van der Waals surface area (Å²) in [4.78, 5) is 3.98. The molecule has 0 bridgehead atoms. The highest BCUT2D eigenvalue weighted by atomic mass is 14.7. The minimum Gasteiger partial charge on any atom is -0.293 e. The third kappa shape index (κ3) is 5.29. The van der Waals surface area contributed by atoms with Gasteiger partial charge in [-0.25, -0.2) is 0 Å². The molecule has 10 heavy (non-hydrogen) atoms. The standard InChI is InChI=1S/C7H13N.C2H4/c1-5-6(2)7(3)8-4;1-2/h2,5H2,1,3-4H3;1-2H2. The Morgan fingerprint density at radius 3 is 1.90 bits per heavy atom. The molecule has 0 fully saturated rings. The first-order chi connectivity index (χ1) is 4.72. The summed E-state index contributed by atoms with van der Waals surface area (Å²) in [6.07, 6.45) is 1.00. The number of hydrogen-bond acceptors (Lipinski definition) is 1. The van der Waals surface area contributed by atoms with Gasteiger partial charge in [-0.1, -0.05) is 13.5 Å². The maximum Gasteiger partial charge on any atom is 0.0339 e. The molecule has 0 aromatic heterocycles. The van der Waals surface area contributed by atoms with Crippen molar-refractivity contribution in [3.05, 3.63) is 25.3 Å². The summed E-state index contributed by atoms with van der Waals surface area (Å²) in [7, 11) is 1.79. The average Bonchev–Trinajstić information content (AvgIpc) is 2.05. The average molecular weight is 139 g/mol. The maximum absolute atomic E-state index is 3.98. The van der Waals surface area contributed by atoms with Crippen LogP contribution in [0.1, 0.15) is 20.3 Å². The van der Waals surface area contributed by atoms with Crippen LogP contribution in [-0.2, 0) is 0 Å². The molecule has 0 atom stereocenters. The Hall–Kier alpha value is -0.850. The molecule has 0 radical (unpaired) electrons. The largest absolute Gasteiger partial charge is 0.293 e. The molecular weight excluding hydrogens is 122 g/mol. The lowest BCUT2D eigenvalue weighted by atomic mass is 10.1. The van der Waals surface area contributed by atoms with E-state index in [0.717, 1.165) is 17.7 Å². The second-order valence-corrected chi connectivity index (χ2v) is 1.77. The SMILES string of the molecule is C=C.C=C(CC)C(C)=NC. The number of allylic oxidation sites excluding steroid dienone is 1. The number of rotatable bonds is 2. The molecule has 58 valence electrons. The molecule has 0 aromatic rings. The van der Waals surface area contributed by atoms with Gasteiger partial charge < -0.3 is 0 Å². The third-order valence-corrected chi connectivity index (χ3v) is 1.27. The monoisotopic (exact) mass is 139 g/mol. The zero-order valence-electron chi connectivity index (χ0n) is 7.28. The molecule has 0 aromatic carbocycles. The van der Waals surface area contributed by atoms with Crippen molar-refractivity contribution in [1.29, 1.82) is 0 Å². The molecular formula is C9H17N. The quantitative estimate of drug-likeness (QED) is 0.412. The first kappa shape index (κ1) is 11.9. The van der Waals surface area contributed by atoms with Crippen molar-refractivity contribution in [3.63, 3.8) is 0 Å². The Morgan fingerprint density at radius 2 is 1.80 bits per heavy atom. The molecule has 0 saturated carbocycles. The second-order valence-electron chi connectivity index (χ2n) is 1.77. The van der Waals surface area contributed by atoms with Gasteiger partial charge in [0, 0.05) is 12.8 Å². The van der Waals surface area contributed by atoms with Crippen molar-refractivity contribution in [2.24, 2.45) is 4.99 Å². The van der Waals surface area contributed by atoms with Gasteiger partial charge in [0.15, 0.2) is 0 Å². The van der Waals surface area contributed by atoms with E-state index in [1.807, 2.05) is 6.92 Å². The molecule has 1 nitrogen and oxygen atoms in total. The Labute approximate surface area is 64.2 Å². The predicted octanol–water partition coefficient (Wildman–Crippen LogP) is 2.85. The molecule has 0 spiro atoms. The van der Waals surface area contributed by atoms with E-state index in [2.05, 4.69) is 31.7 Å². The molecule has 0 saturated heterocycles. The second kappa shape index (κ2) is 8.15. The van der Waals surface area contributed by atoms with Crippen molar-refractivity contribution in [1.82, 2.24) is 0 Å². The predicted molar refractivity (Wildman–Crippen MR) is 49.7 cm³/mol. The van der Waals surface area contributed by atoms with Gasteiger partial charge in [0.2, 0.25) is 0 Å². The van der Waals surface area contributed by atoms with E-state index < -0.39 is 0 Å². The van der Waals surface area contributed by atoms with Gasteiger partial charge in [0.05, 0.1) is 0 Å². The van der Waals surface area contributed by atoms with Crippen molar-refractivity contribution in [2.75, 3.05) is 7.05 Å². The summed E-state index contributed by atoms with van der Waals surface area (Å²) in [5.41, 5.74) is 2.19. The third-order valence-electron chi connectivity index (χ3n) is 1.27. The lowest BCUT2D eigenvalue weighted by Gasteiger charge is -1.96. The van der Waals surface area contributed by atoms with Crippen LogP contribution < -0.4 is 0 Å². The minimum absolute atomic E-state index is 1.00. The van der Waals surface area contributed by atoms with Gasteiger partial charge in [0.1, 0.15) is 0 Å². The van der Waals surface area contributed by atoms with Gasteiger partial charge in [-0.15, -0.1) is 13.2 Å². The highest BCUT2D eigenvalue weighted by molar-refractivity contribution is 5.97. The molecule has 0 N–H and O–H groups in total. The fourth-order valence-corrected chi connectivity index (χ4v) is 0.414. The zero-order valence-corrected chi connectivity index (χ0v) is 7.28. The van der Waals surface area contributed by atoms with Crippen LogP contribution in [0, 0.1) is 0 Å². The molecule has 0 aliphatic heterocycles. The molecule has 0 amide bonds. The van der Waals surface area contributed by atoms with Gasteiger partial charge in [-0.2, -0.15) is 0 Å². The van der Waals surface area contributed by atoms with Crippen LogP contribution in [0.5, 0.6) is 0 Å². The number of hydrogen-bond donors (Lipinski definition) is 0. The Bertz CT molecular complexity index is 123. The maximum atomic E-state index is 3.98. The normalized spacial score (nSPS) is 9.70. The van der Waals surface area contributed by atoms with E-state index in [0.29, 0.717) is 0 Å². The Kier molecular flexibility index (Phi) is 9.69. The lowest BCUT2D eigenvalue weighted by molar-refractivity contribution is 1.17. The Balaban J connectivity index is 0. The summed E-state index contributed by atoms with van der Waals surface area (Å²) in [5.74, 6) is 0. The van der Waals surface area contributed by atoms with E-state index in [9.17, 15) is 0 Å². The van der Waals surface area contributed by atoms with Crippen LogP contribution in [0.25, 0.3) is 0 Å². The lowest BCUT2D eigenvalue weighted by Crippen LogP contribution is -1.92. The van der Waals surface area contributed by atoms with Crippen molar-refractivity contribution in [2.45, 2.75) is 20.3 Å². The molecule has 0 aliphatic carbocycles. The van der Waals surface area contributed by atoms with Crippen molar-refractivity contribution < 1.29 is 0 Å². The van der Waals surface area contributed by atoms with Crippen LogP contribution in [0.4, 0.5) is 0 Å². The van der Waals surface area contributed by atoms with Crippen LogP contribution >= 0.6 is 0 Å². The van der Waals surface area contributed by atoms with Crippen LogP contribution in [0.2, 0.25) is 0 Å². The van der Waals surface area contributed by atoms with E-state index >= 15 is 0 Å². The highest BCUT2D eigenvalue weighted by Crippen LogP contribution is 1.97. The molecule has 0 unspecified atom stereocenters. The van der Waals surface area contributed by atoms with Gasteiger partial charge >= 0.3 is 0 Å². The van der Waals surface area contributed by atoms with Crippen LogP contribution in [0.15, 0.2) is 30.3 Å². The number of aliphatic imine (C=N–C) groups is 1. The molecule has 1 heteroatoms. The fourth-order valence-electron chi connectivity index (χ4n) is 0.414. The van der Waals surface area contributed by atoms with Gasteiger partial charge in [-0.3, -0.25) is 4.99 Å². The zero-order chi connectivity index (χ0) is 8.57. The van der Waals surface area contributed by atoms with Crippen molar-refractivity contribution >= 4 is 5.71 Å². The molecule has 0 aliphatic rings. The smallest absolute Gasteiger partial charge is 0.0339 e. The van der Waals surface area contributed by atoms with Gasteiger partial charge in [0.25, 0.3) is 0 Å². The summed E-state index contributed by atoms with van der Waals surface area (Å²) >= 11 is 0. The first-order valence-corrected chi connectivity index (χ1v) is 3.34. The minimum atomic E-state index is 1.00. The topological polar surface area (TPSA) is 12.4 Å². The molecule has 0 heterocycles. The van der Waals surface area contributed by atoms with Gasteiger partial charge in [-0.05, 0) is 18.9 Å². The van der Waals surface area contributed by atoms with E-state index in [-0.39, 0.29) is 0 Å². The summed E-state index contributed by atoms with van der Waals surface area (Å²) in [5, 5.41) is 0. The van der Waals surface area contributed by atoms with E-state index in [1.54, 1.807) is 7.05 Å². The Morgan fingerprint density at radius 1 is 1.40 bits per heavy atom. The van der Waals surface area contributed by atoms with E-state index in [1.165, 1.54) is 0 Å². The fraction of sp³-hybridized carbons (Fsp3) is 0.444. The summed E-state index contributed by atoms with van der Waals surface area (Å²) in [6.45, 7) is 13.9. The van der Waals surface area contributed by atoms with E-state index in [4.69, 9.17) is 0 Å². The van der Waals surface area contributed by atoms with Crippen molar-refractivity contribution in [3.8, 4) is 0 Å². The molecule has 0 rings (SSSR count). The summed E-state index contributed by atoms with van der Waals surface area (Å²) in [6, 6.07) is 0. The first-order valence-electron chi connectivity index (χ1n) is 3.34. The highest BCUT2D eigenvalue weighted by Gasteiger charge is 1.90. The number of nitrogens with zero attached hydrogens (tertiary/aromatic N) is 1.